The second kappa shape index (κ2) is 11.6. The zero-order valence-electron chi connectivity index (χ0n) is 29.1. The van der Waals surface area contributed by atoms with Crippen LogP contribution in [0, 0.1) is 0 Å². The van der Waals surface area contributed by atoms with Crippen molar-refractivity contribution in [1.29, 1.82) is 0 Å². The average Bonchev–Trinajstić information content (AvgIpc) is 3.52. The maximum Gasteiger partial charge on any atom is 0.0714 e. The van der Waals surface area contributed by atoms with Crippen LogP contribution >= 0.6 is 0 Å². The van der Waals surface area contributed by atoms with Crippen LogP contribution in [0.25, 0.3) is 76.5 Å². The third-order valence-corrected chi connectivity index (χ3v) is 11.7. The van der Waals surface area contributed by atoms with E-state index in [0.29, 0.717) is 0 Å². The first kappa shape index (κ1) is 29.9. The predicted octanol–water partition coefficient (Wildman–Crippen LogP) is 14.0. The Hall–Kier alpha value is -6.76. The molecule has 246 valence electrons. The Bertz CT molecular complexity index is 2990. The van der Waals surface area contributed by atoms with Gasteiger partial charge in [-0.15, -0.1) is 0 Å². The highest BCUT2D eigenvalue weighted by Gasteiger charge is 2.46. The topological polar surface area (TPSA) is 0 Å². The lowest BCUT2D eigenvalue weighted by Crippen LogP contribution is -2.28. The molecule has 0 aromatic heterocycles. The molecule has 0 atom stereocenters. The summed E-state index contributed by atoms with van der Waals surface area (Å²) < 4.78 is 0. The lowest BCUT2D eigenvalue weighted by Gasteiger charge is -2.34. The molecule has 11 rings (SSSR count). The van der Waals surface area contributed by atoms with Crippen molar-refractivity contribution in [2.45, 2.75) is 5.41 Å². The lowest BCUT2D eigenvalue weighted by atomic mass is 9.67. The summed E-state index contributed by atoms with van der Waals surface area (Å²) in [5.41, 5.74) is 12.3. The fourth-order valence-corrected chi connectivity index (χ4v) is 9.41. The highest BCUT2D eigenvalue weighted by molar-refractivity contribution is 6.20. The van der Waals surface area contributed by atoms with Gasteiger partial charge in [0.1, 0.15) is 0 Å². The summed E-state index contributed by atoms with van der Waals surface area (Å²) in [6, 6.07) is 76.8. The number of benzene rings is 10. The lowest BCUT2D eigenvalue weighted by molar-refractivity contribution is 0.770. The van der Waals surface area contributed by atoms with Gasteiger partial charge >= 0.3 is 0 Å². The Labute approximate surface area is 309 Å². The van der Waals surface area contributed by atoms with Crippen molar-refractivity contribution in [1.82, 2.24) is 0 Å². The number of hydrogen-bond donors (Lipinski definition) is 0. The Kier molecular flexibility index (Phi) is 6.57. The molecule has 0 saturated carbocycles. The molecular weight excluding hydrogens is 637 g/mol. The number of hydrogen-bond acceptors (Lipinski definition) is 0. The Morgan fingerprint density at radius 3 is 1.62 bits per heavy atom. The second-order valence-corrected chi connectivity index (χ2v) is 14.4. The van der Waals surface area contributed by atoms with Crippen molar-refractivity contribution in [3.63, 3.8) is 0 Å². The van der Waals surface area contributed by atoms with Crippen LogP contribution in [0.2, 0.25) is 0 Å². The van der Waals surface area contributed by atoms with E-state index in [-0.39, 0.29) is 0 Å². The Morgan fingerprint density at radius 1 is 0.264 bits per heavy atom. The third-order valence-electron chi connectivity index (χ3n) is 11.7. The van der Waals surface area contributed by atoms with Gasteiger partial charge in [0.05, 0.1) is 5.41 Å². The van der Waals surface area contributed by atoms with E-state index in [1.165, 1.54) is 98.7 Å². The first-order valence-electron chi connectivity index (χ1n) is 18.5. The van der Waals surface area contributed by atoms with Gasteiger partial charge in [0.25, 0.3) is 0 Å². The van der Waals surface area contributed by atoms with Crippen LogP contribution in [0.4, 0.5) is 0 Å². The molecule has 1 aliphatic carbocycles. The van der Waals surface area contributed by atoms with Crippen LogP contribution in [-0.4, -0.2) is 0 Å². The van der Waals surface area contributed by atoms with E-state index in [9.17, 15) is 0 Å². The average molecular weight is 671 g/mol. The van der Waals surface area contributed by atoms with Crippen molar-refractivity contribution in [2.24, 2.45) is 0 Å². The van der Waals surface area contributed by atoms with Gasteiger partial charge in [0.2, 0.25) is 0 Å². The second-order valence-electron chi connectivity index (χ2n) is 14.4. The molecule has 0 nitrogen and oxygen atoms in total. The summed E-state index contributed by atoms with van der Waals surface area (Å²) in [4.78, 5) is 0. The van der Waals surface area contributed by atoms with E-state index < -0.39 is 5.41 Å². The van der Waals surface area contributed by atoms with E-state index in [1.54, 1.807) is 0 Å². The molecule has 0 heterocycles. The summed E-state index contributed by atoms with van der Waals surface area (Å²) in [6.07, 6.45) is 0. The molecule has 0 fully saturated rings. The number of fused-ring (bicyclic) bond motifs is 8. The minimum absolute atomic E-state index is 0.521. The van der Waals surface area contributed by atoms with Gasteiger partial charge in [-0.25, -0.2) is 0 Å². The van der Waals surface area contributed by atoms with Crippen LogP contribution < -0.4 is 0 Å². The van der Waals surface area contributed by atoms with Gasteiger partial charge in [-0.1, -0.05) is 182 Å². The summed E-state index contributed by atoms with van der Waals surface area (Å²) in [5, 5.41) is 10.2. The zero-order valence-corrected chi connectivity index (χ0v) is 29.1. The third kappa shape index (κ3) is 4.36. The number of rotatable bonds is 4. The molecule has 10 aromatic rings. The zero-order chi connectivity index (χ0) is 34.9. The van der Waals surface area contributed by atoms with Gasteiger partial charge in [-0.2, -0.15) is 0 Å². The minimum Gasteiger partial charge on any atom is -0.0622 e. The Morgan fingerprint density at radius 2 is 0.868 bits per heavy atom. The van der Waals surface area contributed by atoms with Gasteiger partial charge in [-0.3, -0.25) is 0 Å². The van der Waals surface area contributed by atoms with Gasteiger partial charge in [0.15, 0.2) is 0 Å². The molecule has 0 aliphatic heterocycles. The Balaban J connectivity index is 1.27. The molecule has 0 saturated heterocycles. The summed E-state index contributed by atoms with van der Waals surface area (Å²) in [5.74, 6) is 0. The molecular formula is C53H34. The highest BCUT2D eigenvalue weighted by atomic mass is 14.5. The van der Waals surface area contributed by atoms with Gasteiger partial charge < -0.3 is 0 Å². The molecule has 0 amide bonds. The highest BCUT2D eigenvalue weighted by Crippen LogP contribution is 2.58. The molecule has 0 unspecified atom stereocenters. The minimum atomic E-state index is -0.521. The van der Waals surface area contributed by atoms with Crippen LogP contribution in [0.1, 0.15) is 22.3 Å². The van der Waals surface area contributed by atoms with E-state index in [2.05, 4.69) is 206 Å². The van der Waals surface area contributed by atoms with Crippen molar-refractivity contribution < 1.29 is 0 Å². The molecule has 0 heteroatoms. The largest absolute Gasteiger partial charge is 0.0714 e. The van der Waals surface area contributed by atoms with Gasteiger partial charge in [-0.05, 0) is 123 Å². The predicted molar refractivity (Wildman–Crippen MR) is 225 cm³/mol. The van der Waals surface area contributed by atoms with E-state index in [4.69, 9.17) is 0 Å². The van der Waals surface area contributed by atoms with Crippen molar-refractivity contribution in [3.05, 3.63) is 229 Å². The molecule has 1 aliphatic rings. The summed E-state index contributed by atoms with van der Waals surface area (Å²) in [6.45, 7) is 0. The van der Waals surface area contributed by atoms with Crippen LogP contribution in [0.15, 0.2) is 206 Å². The van der Waals surface area contributed by atoms with Crippen molar-refractivity contribution >= 4 is 43.1 Å². The molecule has 53 heavy (non-hydrogen) atoms. The van der Waals surface area contributed by atoms with Crippen molar-refractivity contribution in [3.8, 4) is 33.4 Å². The summed E-state index contributed by atoms with van der Waals surface area (Å²) >= 11 is 0. The quantitative estimate of drug-likeness (QED) is 0.129. The molecule has 0 bridgehead atoms. The molecule has 0 spiro atoms. The molecule has 10 aromatic carbocycles. The standard InChI is InChI=1S/C53H34/c1-4-15-35(16-5-1)42-26-14-19-38-32-51-49(34-47(38)42)45-29-28-39(33-50(45)53(51,40-20-6-2-7-21-40)41-22-8-3-9-23-41)52-44-25-13-11-18-37(44)31-48-43-24-12-10-17-36(43)27-30-46(48)52/h1-34H. The van der Waals surface area contributed by atoms with Crippen molar-refractivity contribution in [2.75, 3.05) is 0 Å². The van der Waals surface area contributed by atoms with E-state index >= 15 is 0 Å². The van der Waals surface area contributed by atoms with E-state index in [1.807, 2.05) is 0 Å². The molecule has 0 radical (unpaired) electrons. The smallest absolute Gasteiger partial charge is 0.0622 e. The summed E-state index contributed by atoms with van der Waals surface area (Å²) in [7, 11) is 0. The van der Waals surface area contributed by atoms with E-state index in [0.717, 1.165) is 0 Å². The SMILES string of the molecule is c1ccc(-c2cccc3cc4c(cc23)-c2ccc(-c3c5ccccc5cc5c3ccc3ccccc35)cc2C4(c2ccccc2)c2ccccc2)cc1. The normalized spacial score (nSPS) is 13.1. The first-order valence-corrected chi connectivity index (χ1v) is 18.5. The van der Waals surface area contributed by atoms with Crippen LogP contribution in [0.5, 0.6) is 0 Å². The first-order chi connectivity index (χ1) is 26.3. The maximum absolute atomic E-state index is 2.52. The monoisotopic (exact) mass is 670 g/mol. The maximum atomic E-state index is 2.52. The molecule has 0 N–H and O–H groups in total. The fraction of sp³-hybridized carbons (Fsp3) is 0.0189. The fourth-order valence-electron chi connectivity index (χ4n) is 9.41. The van der Waals surface area contributed by atoms with Crippen LogP contribution in [0.3, 0.4) is 0 Å². The van der Waals surface area contributed by atoms with Crippen LogP contribution in [-0.2, 0) is 5.41 Å². The van der Waals surface area contributed by atoms with Gasteiger partial charge in [0, 0.05) is 0 Å².